The first-order valence-electron chi connectivity index (χ1n) is 5.47. The molecule has 3 nitrogen and oxygen atoms in total. The molecule has 0 fully saturated rings. The normalized spacial score (nSPS) is 14.2. The highest BCUT2D eigenvalue weighted by Crippen LogP contribution is 2.26. The van der Waals surface area contributed by atoms with E-state index in [2.05, 4.69) is 21.2 Å². The van der Waals surface area contributed by atoms with Crippen molar-refractivity contribution in [2.45, 2.75) is 26.3 Å². The lowest BCUT2D eigenvalue weighted by Gasteiger charge is -2.18. The molecule has 0 heterocycles. The molecule has 0 aliphatic carbocycles. The number of amides is 1. The minimum absolute atomic E-state index is 0.154. The highest BCUT2D eigenvalue weighted by atomic mass is 79.9. The van der Waals surface area contributed by atoms with Crippen LogP contribution in [0.3, 0.4) is 0 Å². The molecule has 1 amide bonds. The van der Waals surface area contributed by atoms with Gasteiger partial charge < -0.3 is 11.1 Å². The van der Waals surface area contributed by atoms with E-state index in [4.69, 9.17) is 17.3 Å². The van der Waals surface area contributed by atoms with Gasteiger partial charge >= 0.3 is 0 Å². The molecule has 0 saturated heterocycles. The first kappa shape index (κ1) is 14.5. The summed E-state index contributed by atoms with van der Waals surface area (Å²) in [4.78, 5) is 11.9. The van der Waals surface area contributed by atoms with E-state index in [1.54, 1.807) is 18.2 Å². The molecule has 3 N–H and O–H groups in total. The van der Waals surface area contributed by atoms with Crippen molar-refractivity contribution in [3.63, 3.8) is 0 Å². The molecular formula is C12H16BrClN2O. The van der Waals surface area contributed by atoms with Gasteiger partial charge in [-0.2, -0.15) is 0 Å². The Labute approximate surface area is 115 Å². The van der Waals surface area contributed by atoms with Gasteiger partial charge in [0.05, 0.1) is 11.7 Å². The summed E-state index contributed by atoms with van der Waals surface area (Å²) in [7, 11) is 0. The molecule has 0 bridgehead atoms. The second-order valence-electron chi connectivity index (χ2n) is 4.02. The maximum atomic E-state index is 11.9. The van der Waals surface area contributed by atoms with Gasteiger partial charge in [-0.3, -0.25) is 4.79 Å². The molecular weight excluding hydrogens is 304 g/mol. The van der Waals surface area contributed by atoms with E-state index >= 15 is 0 Å². The number of hydrogen-bond donors (Lipinski definition) is 2. The Balaban J connectivity index is 2.74. The molecule has 1 aromatic carbocycles. The van der Waals surface area contributed by atoms with Crippen LogP contribution in [0.25, 0.3) is 0 Å². The topological polar surface area (TPSA) is 55.1 Å². The molecule has 0 aromatic heterocycles. The van der Waals surface area contributed by atoms with Gasteiger partial charge in [-0.1, -0.05) is 31.9 Å². The number of nitrogens with two attached hydrogens (primary N) is 1. The Hall–Kier alpha value is -0.580. The van der Waals surface area contributed by atoms with Crippen LogP contribution in [0.1, 0.15) is 20.3 Å². The zero-order valence-electron chi connectivity index (χ0n) is 9.84. The van der Waals surface area contributed by atoms with Crippen molar-refractivity contribution in [1.82, 2.24) is 0 Å². The summed E-state index contributed by atoms with van der Waals surface area (Å²) < 4.78 is 0.745. The molecule has 1 rings (SSSR count). The van der Waals surface area contributed by atoms with Crippen LogP contribution in [-0.4, -0.2) is 11.9 Å². The fraction of sp³-hybridized carbons (Fsp3) is 0.417. The third kappa shape index (κ3) is 3.98. The smallest absolute Gasteiger partial charge is 0.241 e. The van der Waals surface area contributed by atoms with Gasteiger partial charge in [0.2, 0.25) is 5.91 Å². The molecule has 0 aliphatic heterocycles. The lowest BCUT2D eigenvalue weighted by Crippen LogP contribution is -2.40. The molecule has 94 valence electrons. The van der Waals surface area contributed by atoms with Crippen molar-refractivity contribution < 1.29 is 4.79 Å². The molecule has 5 heteroatoms. The van der Waals surface area contributed by atoms with Gasteiger partial charge in [0.1, 0.15) is 0 Å². The second-order valence-corrected chi connectivity index (χ2v) is 5.32. The van der Waals surface area contributed by atoms with E-state index in [-0.39, 0.29) is 11.8 Å². The van der Waals surface area contributed by atoms with Crippen molar-refractivity contribution in [2.24, 2.45) is 11.7 Å². The summed E-state index contributed by atoms with van der Waals surface area (Å²) in [5.74, 6) is -0.0246. The third-order valence-corrected chi connectivity index (χ3v) is 3.64. The standard InChI is InChI=1S/C12H16BrClN2O/c1-3-7(2)11(15)12(17)16-10-5-4-8(14)6-9(10)13/h4-7,11H,3,15H2,1-2H3,(H,16,17)/t7?,11-/m0/s1. The summed E-state index contributed by atoms with van der Waals surface area (Å²) in [6.45, 7) is 3.97. The van der Waals surface area contributed by atoms with Gasteiger partial charge in [-0.25, -0.2) is 0 Å². The van der Waals surface area contributed by atoms with E-state index in [0.717, 1.165) is 10.9 Å². The maximum Gasteiger partial charge on any atom is 0.241 e. The van der Waals surface area contributed by atoms with E-state index in [1.807, 2.05) is 13.8 Å². The maximum absolute atomic E-state index is 11.9. The quantitative estimate of drug-likeness (QED) is 0.893. The minimum atomic E-state index is -0.498. The Bertz CT molecular complexity index is 411. The predicted octanol–water partition coefficient (Wildman–Crippen LogP) is 3.41. The van der Waals surface area contributed by atoms with Crippen LogP contribution in [0, 0.1) is 5.92 Å². The molecule has 0 saturated carbocycles. The van der Waals surface area contributed by atoms with E-state index in [9.17, 15) is 4.79 Å². The Morgan fingerprint density at radius 3 is 2.76 bits per heavy atom. The van der Waals surface area contributed by atoms with Crippen LogP contribution in [0.2, 0.25) is 5.02 Å². The van der Waals surface area contributed by atoms with Crippen LogP contribution >= 0.6 is 27.5 Å². The zero-order chi connectivity index (χ0) is 13.0. The highest BCUT2D eigenvalue weighted by Gasteiger charge is 2.19. The van der Waals surface area contributed by atoms with Crippen LogP contribution in [0.4, 0.5) is 5.69 Å². The minimum Gasteiger partial charge on any atom is -0.324 e. The summed E-state index contributed by atoms with van der Waals surface area (Å²) in [5, 5.41) is 3.40. The molecule has 1 aromatic rings. The molecule has 1 unspecified atom stereocenters. The van der Waals surface area contributed by atoms with Crippen molar-refractivity contribution in [3.05, 3.63) is 27.7 Å². The Kier molecular flexibility index (Phi) is 5.43. The number of carbonyl (C=O) groups excluding carboxylic acids is 1. The SMILES string of the molecule is CCC(C)[C@H](N)C(=O)Nc1ccc(Cl)cc1Br. The van der Waals surface area contributed by atoms with Crippen molar-refractivity contribution in [1.29, 1.82) is 0 Å². The zero-order valence-corrected chi connectivity index (χ0v) is 12.2. The summed E-state index contributed by atoms with van der Waals surface area (Å²) in [6, 6.07) is 4.69. The molecule has 0 aliphatic rings. The molecule has 0 radical (unpaired) electrons. The molecule has 0 spiro atoms. The number of rotatable bonds is 4. The first-order chi connectivity index (χ1) is 7.95. The molecule has 2 atom stereocenters. The lowest BCUT2D eigenvalue weighted by molar-refractivity contribution is -0.118. The lowest BCUT2D eigenvalue weighted by atomic mass is 9.99. The number of benzene rings is 1. The summed E-state index contributed by atoms with van der Waals surface area (Å²) in [5.41, 5.74) is 6.52. The fourth-order valence-corrected chi connectivity index (χ4v) is 2.10. The summed E-state index contributed by atoms with van der Waals surface area (Å²) >= 11 is 9.16. The van der Waals surface area contributed by atoms with E-state index < -0.39 is 6.04 Å². The van der Waals surface area contributed by atoms with Gasteiger partial charge in [0.15, 0.2) is 0 Å². The van der Waals surface area contributed by atoms with Gasteiger partial charge in [-0.15, -0.1) is 0 Å². The average Bonchev–Trinajstić information content (AvgIpc) is 2.30. The first-order valence-corrected chi connectivity index (χ1v) is 6.64. The fourth-order valence-electron chi connectivity index (χ4n) is 1.32. The van der Waals surface area contributed by atoms with E-state index in [0.29, 0.717) is 10.7 Å². The number of hydrogen-bond acceptors (Lipinski definition) is 2. The van der Waals surface area contributed by atoms with Crippen molar-refractivity contribution in [2.75, 3.05) is 5.32 Å². The Morgan fingerprint density at radius 2 is 2.24 bits per heavy atom. The van der Waals surface area contributed by atoms with Gasteiger partial charge in [0, 0.05) is 9.50 Å². The van der Waals surface area contributed by atoms with Crippen LogP contribution in [0.5, 0.6) is 0 Å². The van der Waals surface area contributed by atoms with Gasteiger partial charge in [0.25, 0.3) is 0 Å². The Morgan fingerprint density at radius 1 is 1.59 bits per heavy atom. The predicted molar refractivity (Wildman–Crippen MR) is 75.2 cm³/mol. The van der Waals surface area contributed by atoms with E-state index in [1.165, 1.54) is 0 Å². The van der Waals surface area contributed by atoms with Crippen molar-refractivity contribution >= 4 is 39.1 Å². The summed E-state index contributed by atoms with van der Waals surface area (Å²) in [6.07, 6.45) is 0.871. The monoisotopic (exact) mass is 318 g/mol. The number of anilines is 1. The van der Waals surface area contributed by atoms with Crippen molar-refractivity contribution in [3.8, 4) is 0 Å². The number of carbonyl (C=O) groups is 1. The van der Waals surface area contributed by atoms with Crippen LogP contribution in [0.15, 0.2) is 22.7 Å². The number of nitrogens with one attached hydrogen (secondary N) is 1. The van der Waals surface area contributed by atoms with Gasteiger partial charge in [-0.05, 0) is 40.0 Å². The number of halogens is 2. The van der Waals surface area contributed by atoms with Crippen LogP contribution in [-0.2, 0) is 4.79 Å². The largest absolute Gasteiger partial charge is 0.324 e. The molecule has 17 heavy (non-hydrogen) atoms. The average molecular weight is 320 g/mol. The second kappa shape index (κ2) is 6.38. The highest BCUT2D eigenvalue weighted by molar-refractivity contribution is 9.10. The third-order valence-electron chi connectivity index (χ3n) is 2.75. The van der Waals surface area contributed by atoms with Crippen LogP contribution < -0.4 is 11.1 Å².